The number of hydrogen-bond donors (Lipinski definition) is 1. The molecule has 3 saturated carbocycles. The summed E-state index contributed by atoms with van der Waals surface area (Å²) in [6, 6.07) is 0.433. The minimum Gasteiger partial charge on any atom is -0.313 e. The maximum Gasteiger partial charge on any atom is 0.435 e. The Kier molecular flexibility index (Phi) is 7.60. The Labute approximate surface area is 230 Å². The first-order valence-corrected chi connectivity index (χ1v) is 15.5. The van der Waals surface area contributed by atoms with Gasteiger partial charge in [0.2, 0.25) is 0 Å². The van der Waals surface area contributed by atoms with Gasteiger partial charge in [-0.1, -0.05) is 38.4 Å². The Balaban J connectivity index is 1.22. The molecule has 5 aliphatic rings. The van der Waals surface area contributed by atoms with E-state index in [1.807, 2.05) is 13.0 Å². The molecule has 5 rings (SSSR count). The molecule has 7 atom stereocenters. The summed E-state index contributed by atoms with van der Waals surface area (Å²) in [7, 11) is 0. The SMILES string of the molecule is CCN(CCC1NCCC1(C)C)C(=O)O/N=C(\C)[C@H]1CC[C@H]2[C@@H]3CCC4=CC(=O)CC[C@]4(C)[C@H]3CC[C@]12C. The van der Waals surface area contributed by atoms with Crippen LogP contribution in [0.2, 0.25) is 0 Å². The van der Waals surface area contributed by atoms with Gasteiger partial charge in [0.15, 0.2) is 5.78 Å². The molecule has 4 aliphatic carbocycles. The van der Waals surface area contributed by atoms with Crippen LogP contribution < -0.4 is 5.32 Å². The van der Waals surface area contributed by atoms with Crippen LogP contribution in [-0.2, 0) is 9.63 Å². The number of fused-ring (bicyclic) bond motifs is 5. The lowest BCUT2D eigenvalue weighted by Gasteiger charge is -2.58. The molecule has 1 heterocycles. The third-order valence-electron chi connectivity index (χ3n) is 12.2. The van der Waals surface area contributed by atoms with Crippen LogP contribution in [0.4, 0.5) is 4.79 Å². The van der Waals surface area contributed by atoms with Gasteiger partial charge in [0.25, 0.3) is 0 Å². The summed E-state index contributed by atoms with van der Waals surface area (Å²) in [5.41, 5.74) is 3.12. The first-order chi connectivity index (χ1) is 18.0. The first kappa shape index (κ1) is 27.9. The number of ketones is 1. The molecule has 0 aromatic rings. The predicted octanol–water partition coefficient (Wildman–Crippen LogP) is 6.75. The van der Waals surface area contributed by atoms with E-state index in [9.17, 15) is 9.59 Å². The van der Waals surface area contributed by atoms with Gasteiger partial charge in [-0.3, -0.25) is 9.63 Å². The number of amides is 1. The van der Waals surface area contributed by atoms with E-state index in [0.29, 0.717) is 49.1 Å². The predicted molar refractivity (Wildman–Crippen MR) is 152 cm³/mol. The van der Waals surface area contributed by atoms with Crippen molar-refractivity contribution in [2.75, 3.05) is 19.6 Å². The van der Waals surface area contributed by atoms with Crippen molar-refractivity contribution in [2.24, 2.45) is 45.1 Å². The fourth-order valence-corrected chi connectivity index (χ4v) is 9.65. The van der Waals surface area contributed by atoms with Gasteiger partial charge in [-0.05, 0) is 118 Å². The molecule has 1 N–H and O–H groups in total. The Morgan fingerprint density at radius 2 is 1.87 bits per heavy atom. The summed E-state index contributed by atoms with van der Waals surface area (Å²) >= 11 is 0. The largest absolute Gasteiger partial charge is 0.435 e. The topological polar surface area (TPSA) is 71.0 Å². The molecule has 1 saturated heterocycles. The Morgan fingerprint density at radius 1 is 1.08 bits per heavy atom. The van der Waals surface area contributed by atoms with Crippen molar-refractivity contribution < 1.29 is 14.4 Å². The third-order valence-corrected chi connectivity index (χ3v) is 12.2. The molecule has 6 heteroatoms. The van der Waals surface area contributed by atoms with Gasteiger partial charge in [-0.25, -0.2) is 4.79 Å². The van der Waals surface area contributed by atoms with E-state index in [-0.39, 0.29) is 22.3 Å². The van der Waals surface area contributed by atoms with Crippen LogP contribution in [0.25, 0.3) is 0 Å². The second-order valence-corrected chi connectivity index (χ2v) is 14.3. The van der Waals surface area contributed by atoms with Gasteiger partial charge < -0.3 is 10.2 Å². The van der Waals surface area contributed by atoms with Crippen LogP contribution >= 0.6 is 0 Å². The standard InChI is InChI=1S/C32H51N3O3/c1-7-35(19-14-28-30(3,4)17-18-33-28)29(37)38-34-21(2)25-10-11-26-24-9-8-22-20-23(36)12-15-31(22,5)27(24)13-16-32(25,26)6/h20,24-28,33H,7-19H2,1-6H3/b34-21+/t24-,25+,26-,27-,28?,31-,32+/m0/s1. The van der Waals surface area contributed by atoms with E-state index < -0.39 is 0 Å². The number of nitrogens with zero attached hydrogens (tertiary/aromatic N) is 2. The molecule has 212 valence electrons. The number of rotatable bonds is 6. The number of allylic oxidation sites excluding steroid dienone is 1. The molecule has 38 heavy (non-hydrogen) atoms. The smallest absolute Gasteiger partial charge is 0.313 e. The minimum atomic E-state index is -0.322. The van der Waals surface area contributed by atoms with Crippen molar-refractivity contribution in [3.63, 3.8) is 0 Å². The highest BCUT2D eigenvalue weighted by molar-refractivity contribution is 5.91. The van der Waals surface area contributed by atoms with Gasteiger partial charge in [-0.15, -0.1) is 0 Å². The van der Waals surface area contributed by atoms with Crippen LogP contribution in [0.1, 0.15) is 106 Å². The number of hydrogen-bond acceptors (Lipinski definition) is 5. The zero-order chi connectivity index (χ0) is 27.3. The highest BCUT2D eigenvalue weighted by Gasteiger charge is 2.59. The lowest BCUT2D eigenvalue weighted by atomic mass is 9.46. The van der Waals surface area contributed by atoms with Crippen LogP contribution in [-0.4, -0.2) is 48.2 Å². The van der Waals surface area contributed by atoms with Crippen molar-refractivity contribution in [3.05, 3.63) is 11.6 Å². The van der Waals surface area contributed by atoms with Crippen molar-refractivity contribution >= 4 is 17.6 Å². The van der Waals surface area contributed by atoms with E-state index in [1.165, 1.54) is 37.7 Å². The fraction of sp³-hybridized carbons (Fsp3) is 0.844. The summed E-state index contributed by atoms with van der Waals surface area (Å²) < 4.78 is 0. The molecule has 0 radical (unpaired) electrons. The number of carbonyl (C=O) groups is 2. The third kappa shape index (κ3) is 4.77. The van der Waals surface area contributed by atoms with E-state index in [1.54, 1.807) is 4.90 Å². The van der Waals surface area contributed by atoms with Crippen molar-refractivity contribution in [1.82, 2.24) is 10.2 Å². The van der Waals surface area contributed by atoms with Gasteiger partial charge in [0, 0.05) is 31.5 Å². The fourth-order valence-electron chi connectivity index (χ4n) is 9.65. The highest BCUT2D eigenvalue weighted by Crippen LogP contribution is 2.66. The molecule has 1 unspecified atom stereocenters. The van der Waals surface area contributed by atoms with E-state index in [4.69, 9.17) is 4.84 Å². The lowest BCUT2D eigenvalue weighted by molar-refractivity contribution is -0.117. The van der Waals surface area contributed by atoms with E-state index in [2.05, 4.69) is 45.1 Å². The van der Waals surface area contributed by atoms with Crippen molar-refractivity contribution in [2.45, 2.75) is 112 Å². The second-order valence-electron chi connectivity index (χ2n) is 14.3. The van der Waals surface area contributed by atoms with E-state index in [0.717, 1.165) is 43.9 Å². The normalized spacial score (nSPS) is 40.2. The summed E-state index contributed by atoms with van der Waals surface area (Å²) in [6.45, 7) is 16.0. The van der Waals surface area contributed by atoms with Crippen molar-refractivity contribution in [1.29, 1.82) is 0 Å². The lowest BCUT2D eigenvalue weighted by Crippen LogP contribution is -2.51. The summed E-state index contributed by atoms with van der Waals surface area (Å²) in [5.74, 6) is 2.82. The quantitative estimate of drug-likeness (QED) is 0.237. The van der Waals surface area contributed by atoms with Crippen LogP contribution in [0.3, 0.4) is 0 Å². The molecule has 0 aromatic carbocycles. The maximum atomic E-state index is 12.9. The van der Waals surface area contributed by atoms with Crippen LogP contribution in [0.5, 0.6) is 0 Å². The average Bonchev–Trinajstić information content (AvgIpc) is 3.41. The van der Waals surface area contributed by atoms with E-state index >= 15 is 0 Å². The van der Waals surface area contributed by atoms with Gasteiger partial charge >= 0.3 is 6.09 Å². The highest BCUT2D eigenvalue weighted by atomic mass is 16.7. The van der Waals surface area contributed by atoms with Crippen LogP contribution in [0, 0.1) is 39.9 Å². The van der Waals surface area contributed by atoms with Gasteiger partial charge in [0.05, 0.1) is 5.71 Å². The molecular weight excluding hydrogens is 474 g/mol. The summed E-state index contributed by atoms with van der Waals surface area (Å²) in [5, 5.41) is 8.07. The molecule has 1 aliphatic heterocycles. The summed E-state index contributed by atoms with van der Waals surface area (Å²) in [6.07, 6.45) is 12.7. The Hall–Kier alpha value is -1.69. The molecule has 4 fully saturated rings. The Morgan fingerprint density at radius 3 is 2.58 bits per heavy atom. The average molecular weight is 526 g/mol. The zero-order valence-corrected chi connectivity index (χ0v) is 24.8. The monoisotopic (exact) mass is 525 g/mol. The molecular formula is C32H51N3O3. The van der Waals surface area contributed by atoms with Crippen LogP contribution in [0.15, 0.2) is 16.8 Å². The molecule has 0 aromatic heterocycles. The van der Waals surface area contributed by atoms with Crippen molar-refractivity contribution in [3.8, 4) is 0 Å². The number of nitrogens with one attached hydrogen (secondary N) is 1. The second kappa shape index (κ2) is 10.4. The minimum absolute atomic E-state index is 0.210. The number of carbonyl (C=O) groups excluding carboxylic acids is 2. The van der Waals surface area contributed by atoms with Gasteiger partial charge in [-0.2, -0.15) is 0 Å². The Bertz CT molecular complexity index is 1000. The zero-order valence-electron chi connectivity index (χ0n) is 24.8. The molecule has 0 spiro atoms. The van der Waals surface area contributed by atoms with Gasteiger partial charge in [0.1, 0.15) is 0 Å². The molecule has 1 amide bonds. The number of oxime groups is 1. The first-order valence-electron chi connectivity index (χ1n) is 15.5. The molecule has 0 bridgehead atoms. The molecule has 6 nitrogen and oxygen atoms in total. The summed E-state index contributed by atoms with van der Waals surface area (Å²) in [4.78, 5) is 32.5. The maximum absolute atomic E-state index is 12.9.